The molecule has 0 atom stereocenters. The first-order chi connectivity index (χ1) is 10.3. The van der Waals surface area contributed by atoms with Crippen LogP contribution in [-0.2, 0) is 6.42 Å². The zero-order chi connectivity index (χ0) is 15.5. The lowest BCUT2D eigenvalue weighted by atomic mass is 10.0. The average Bonchev–Trinajstić information content (AvgIpc) is 2.55. The van der Waals surface area contributed by atoms with Gasteiger partial charge in [-0.1, -0.05) is 92.6 Å². The largest absolute Gasteiger partial charge is 0.103 e. The van der Waals surface area contributed by atoms with Crippen molar-refractivity contribution in [3.05, 3.63) is 103 Å². The fraction of sp³-hybridized carbons (Fsp3) is 0.0476. The third-order valence-corrected chi connectivity index (χ3v) is 3.04. The first-order valence-corrected chi connectivity index (χ1v) is 6.92. The van der Waals surface area contributed by atoms with Crippen LogP contribution in [0.4, 0.5) is 0 Å². The van der Waals surface area contributed by atoms with Crippen LogP contribution < -0.4 is 0 Å². The lowest BCUT2D eigenvalue weighted by molar-refractivity contribution is 1.28. The van der Waals surface area contributed by atoms with Crippen molar-refractivity contribution in [3.8, 4) is 0 Å². The molecule has 0 bridgehead atoms. The van der Waals surface area contributed by atoms with Gasteiger partial charge in [0.2, 0.25) is 0 Å². The van der Waals surface area contributed by atoms with Crippen molar-refractivity contribution >= 4 is 18.2 Å². The Hall–Kier alpha value is -2.60. The predicted octanol–water partition coefficient (Wildman–Crippen LogP) is 6.03. The fourth-order valence-electron chi connectivity index (χ4n) is 1.97. The van der Waals surface area contributed by atoms with Crippen molar-refractivity contribution < 1.29 is 0 Å². The Morgan fingerprint density at radius 1 is 0.667 bits per heavy atom. The van der Waals surface area contributed by atoms with Crippen molar-refractivity contribution in [3.63, 3.8) is 0 Å². The van der Waals surface area contributed by atoms with Gasteiger partial charge in [0.15, 0.2) is 0 Å². The van der Waals surface area contributed by atoms with Crippen LogP contribution in [0.25, 0.3) is 18.2 Å². The van der Waals surface area contributed by atoms with Gasteiger partial charge in [0.05, 0.1) is 0 Å². The molecule has 0 N–H and O–H groups in total. The van der Waals surface area contributed by atoms with E-state index in [4.69, 9.17) is 0 Å². The smallest absolute Gasteiger partial charge is 0.0100 e. The van der Waals surface area contributed by atoms with Gasteiger partial charge in [0.1, 0.15) is 0 Å². The van der Waals surface area contributed by atoms with Gasteiger partial charge in [-0.3, -0.25) is 0 Å². The Morgan fingerprint density at radius 2 is 1.24 bits per heavy atom. The molecule has 106 valence electrons. The lowest BCUT2D eigenvalue weighted by Crippen LogP contribution is -1.84. The van der Waals surface area contributed by atoms with Gasteiger partial charge in [-0.15, -0.1) is 6.58 Å². The zero-order valence-electron chi connectivity index (χ0n) is 12.5. The number of allylic oxidation sites excluding steroid dienone is 1. The molecule has 0 spiro atoms. The summed E-state index contributed by atoms with van der Waals surface area (Å²) in [6, 6.07) is 16.3. The molecule has 0 aliphatic rings. The summed E-state index contributed by atoms with van der Waals surface area (Å²) in [6.45, 7) is 14.9. The standard InChI is InChI=1S/C12H12.C9H10/c1-4-10-8-7-9-11(5-2)12(10)6-3;1-2-6-9-7-4-3-5-8-9/h4-9H,1-3H2;2-5,7-8H,1,6H2. The van der Waals surface area contributed by atoms with Gasteiger partial charge in [0.25, 0.3) is 0 Å². The molecule has 21 heavy (non-hydrogen) atoms. The second-order valence-electron chi connectivity index (χ2n) is 4.44. The molecule has 0 heterocycles. The molecule has 0 amide bonds. The van der Waals surface area contributed by atoms with Gasteiger partial charge in [-0.2, -0.15) is 0 Å². The third-order valence-electron chi connectivity index (χ3n) is 3.04. The first-order valence-electron chi connectivity index (χ1n) is 6.92. The summed E-state index contributed by atoms with van der Waals surface area (Å²) in [6.07, 6.45) is 8.36. The Bertz CT molecular complexity index is 577. The maximum Gasteiger partial charge on any atom is -0.0100 e. The summed E-state index contributed by atoms with van der Waals surface area (Å²) >= 11 is 0. The minimum Gasteiger partial charge on any atom is -0.103 e. The predicted molar refractivity (Wildman–Crippen MR) is 97.1 cm³/mol. The first kappa shape index (κ1) is 16.5. The van der Waals surface area contributed by atoms with E-state index in [2.05, 4.69) is 38.4 Å². The van der Waals surface area contributed by atoms with Crippen LogP contribution >= 0.6 is 0 Å². The minimum absolute atomic E-state index is 0.973. The van der Waals surface area contributed by atoms with Crippen molar-refractivity contribution in [1.29, 1.82) is 0 Å². The molecule has 0 nitrogen and oxygen atoms in total. The highest BCUT2D eigenvalue weighted by atomic mass is 14.0. The molecule has 0 saturated heterocycles. The summed E-state index contributed by atoms with van der Waals surface area (Å²) in [7, 11) is 0. The van der Waals surface area contributed by atoms with Gasteiger partial charge in [-0.25, -0.2) is 0 Å². The van der Waals surface area contributed by atoms with Crippen molar-refractivity contribution in [2.45, 2.75) is 6.42 Å². The minimum atomic E-state index is 0.973. The van der Waals surface area contributed by atoms with Crippen molar-refractivity contribution in [2.75, 3.05) is 0 Å². The van der Waals surface area contributed by atoms with Crippen LogP contribution in [0.2, 0.25) is 0 Å². The Morgan fingerprint density at radius 3 is 1.67 bits per heavy atom. The van der Waals surface area contributed by atoms with Crippen LogP contribution in [0.5, 0.6) is 0 Å². The van der Waals surface area contributed by atoms with E-state index in [1.165, 1.54) is 5.56 Å². The Balaban J connectivity index is 0.000000219. The Labute approximate surface area is 128 Å². The molecule has 2 rings (SSSR count). The molecule has 0 aromatic heterocycles. The average molecular weight is 274 g/mol. The third kappa shape index (κ3) is 5.12. The van der Waals surface area contributed by atoms with Crippen molar-refractivity contribution in [1.82, 2.24) is 0 Å². The van der Waals surface area contributed by atoms with E-state index in [0.29, 0.717) is 0 Å². The van der Waals surface area contributed by atoms with Crippen LogP contribution in [0.3, 0.4) is 0 Å². The molecular weight excluding hydrogens is 252 g/mol. The summed E-state index contributed by atoms with van der Waals surface area (Å²) in [5, 5.41) is 0. The SMILES string of the molecule is C=CCc1ccccc1.C=Cc1cccc(C=C)c1C=C. The maximum atomic E-state index is 3.75. The summed E-state index contributed by atoms with van der Waals surface area (Å²) in [5.41, 5.74) is 4.62. The molecule has 0 saturated carbocycles. The molecule has 0 fully saturated rings. The van der Waals surface area contributed by atoms with E-state index < -0.39 is 0 Å². The second kappa shape index (κ2) is 9.33. The number of hydrogen-bond acceptors (Lipinski definition) is 0. The van der Waals surface area contributed by atoms with Crippen LogP contribution in [-0.4, -0.2) is 0 Å². The van der Waals surface area contributed by atoms with E-state index in [0.717, 1.165) is 23.1 Å². The van der Waals surface area contributed by atoms with Gasteiger partial charge in [-0.05, 0) is 28.7 Å². The molecule has 0 radical (unpaired) electrons. The van der Waals surface area contributed by atoms with E-state index in [-0.39, 0.29) is 0 Å². The van der Waals surface area contributed by atoms with E-state index in [9.17, 15) is 0 Å². The van der Waals surface area contributed by atoms with Gasteiger partial charge < -0.3 is 0 Å². The molecule has 0 aliphatic carbocycles. The normalized spacial score (nSPS) is 8.95. The molecule has 0 unspecified atom stereocenters. The summed E-state index contributed by atoms with van der Waals surface area (Å²) in [5.74, 6) is 0. The fourth-order valence-corrected chi connectivity index (χ4v) is 1.97. The van der Waals surface area contributed by atoms with E-state index >= 15 is 0 Å². The number of benzene rings is 2. The number of hydrogen-bond donors (Lipinski definition) is 0. The topological polar surface area (TPSA) is 0 Å². The van der Waals surface area contributed by atoms with Crippen LogP contribution in [0.1, 0.15) is 22.3 Å². The summed E-state index contributed by atoms with van der Waals surface area (Å²) < 4.78 is 0. The maximum absolute atomic E-state index is 3.75. The van der Waals surface area contributed by atoms with E-state index in [1.807, 2.05) is 60.7 Å². The highest BCUT2D eigenvalue weighted by molar-refractivity contribution is 5.72. The molecular formula is C21H22. The van der Waals surface area contributed by atoms with Gasteiger partial charge in [0, 0.05) is 0 Å². The molecule has 0 aliphatic heterocycles. The molecule has 2 aromatic carbocycles. The zero-order valence-corrected chi connectivity index (χ0v) is 12.5. The van der Waals surface area contributed by atoms with Crippen LogP contribution in [0.15, 0.2) is 80.9 Å². The molecule has 2 aromatic rings. The number of rotatable bonds is 5. The summed E-state index contributed by atoms with van der Waals surface area (Å²) in [4.78, 5) is 0. The van der Waals surface area contributed by atoms with E-state index in [1.54, 1.807) is 0 Å². The highest BCUT2D eigenvalue weighted by Gasteiger charge is 1.97. The second-order valence-corrected chi connectivity index (χ2v) is 4.44. The van der Waals surface area contributed by atoms with Gasteiger partial charge >= 0.3 is 0 Å². The van der Waals surface area contributed by atoms with Crippen LogP contribution in [0, 0.1) is 0 Å². The Kier molecular flexibility index (Phi) is 7.31. The monoisotopic (exact) mass is 274 g/mol. The quantitative estimate of drug-likeness (QED) is 0.584. The highest BCUT2D eigenvalue weighted by Crippen LogP contribution is 2.18. The molecule has 0 heteroatoms. The van der Waals surface area contributed by atoms with Crippen molar-refractivity contribution in [2.24, 2.45) is 0 Å². The lowest BCUT2D eigenvalue weighted by Gasteiger charge is -2.03.